The first-order valence-corrected chi connectivity index (χ1v) is 8.30. The van der Waals surface area contributed by atoms with E-state index in [1.54, 1.807) is 24.9 Å². The van der Waals surface area contributed by atoms with Gasteiger partial charge < -0.3 is 9.21 Å². The van der Waals surface area contributed by atoms with E-state index in [4.69, 9.17) is 4.42 Å². The molecule has 112 valence electrons. The first-order valence-electron chi connectivity index (χ1n) is 7.32. The Morgan fingerprint density at radius 3 is 3.00 bits per heavy atom. The molecule has 0 bridgehead atoms. The second kappa shape index (κ2) is 6.47. The number of carbonyl (C=O) groups excluding carboxylic acids is 1. The van der Waals surface area contributed by atoms with Crippen molar-refractivity contribution in [1.29, 1.82) is 0 Å². The van der Waals surface area contributed by atoms with Crippen molar-refractivity contribution in [3.8, 4) is 0 Å². The van der Waals surface area contributed by atoms with Crippen LogP contribution in [0.4, 0.5) is 0 Å². The van der Waals surface area contributed by atoms with Crippen LogP contribution in [0.2, 0.25) is 0 Å². The Balaban J connectivity index is 1.68. The summed E-state index contributed by atoms with van der Waals surface area (Å²) in [6.45, 7) is 2.32. The van der Waals surface area contributed by atoms with Crippen LogP contribution in [0.3, 0.4) is 0 Å². The lowest BCUT2D eigenvalue weighted by molar-refractivity contribution is -0.117. The molecule has 5 nitrogen and oxygen atoms in total. The summed E-state index contributed by atoms with van der Waals surface area (Å²) in [5.41, 5.74) is 0. The van der Waals surface area contributed by atoms with Crippen LogP contribution in [0.1, 0.15) is 50.1 Å². The predicted octanol–water partition coefficient (Wildman–Crippen LogP) is 3.26. The highest BCUT2D eigenvalue weighted by Crippen LogP contribution is 2.40. The first-order chi connectivity index (χ1) is 10.2. The maximum Gasteiger partial charge on any atom is 0.191 e. The molecular formula is C15H19N3O2S. The summed E-state index contributed by atoms with van der Waals surface area (Å²) in [6, 6.07) is 3.87. The number of rotatable bonds is 8. The second-order valence-electron chi connectivity index (χ2n) is 5.43. The average Bonchev–Trinajstić information content (AvgIpc) is 3.02. The average molecular weight is 305 g/mol. The molecule has 1 saturated carbocycles. The zero-order valence-corrected chi connectivity index (χ0v) is 12.9. The van der Waals surface area contributed by atoms with Crippen molar-refractivity contribution in [1.82, 2.24) is 14.8 Å². The van der Waals surface area contributed by atoms with E-state index in [2.05, 4.69) is 14.8 Å². The maximum atomic E-state index is 11.0. The molecule has 0 aliphatic heterocycles. The minimum absolute atomic E-state index is 0.242. The van der Waals surface area contributed by atoms with Gasteiger partial charge in [0.05, 0.1) is 12.8 Å². The third-order valence-electron chi connectivity index (χ3n) is 3.49. The van der Waals surface area contributed by atoms with Gasteiger partial charge in [-0.15, -0.1) is 10.2 Å². The van der Waals surface area contributed by atoms with Gasteiger partial charge in [-0.25, -0.2) is 0 Å². The molecule has 2 aromatic heterocycles. The highest BCUT2D eigenvalue weighted by molar-refractivity contribution is 7.99. The third-order valence-corrected chi connectivity index (χ3v) is 4.54. The molecule has 1 fully saturated rings. The number of furan rings is 1. The van der Waals surface area contributed by atoms with Crippen molar-refractivity contribution in [3.63, 3.8) is 0 Å². The molecule has 1 aliphatic rings. The number of nitrogens with zero attached hydrogens (tertiary/aromatic N) is 3. The van der Waals surface area contributed by atoms with E-state index < -0.39 is 0 Å². The number of thioether (sulfide) groups is 1. The van der Waals surface area contributed by atoms with Crippen LogP contribution in [-0.4, -0.2) is 26.3 Å². The lowest BCUT2D eigenvalue weighted by Gasteiger charge is -2.07. The second-order valence-corrected chi connectivity index (χ2v) is 6.50. The molecule has 0 atom stereocenters. The van der Waals surface area contributed by atoms with Crippen molar-refractivity contribution >= 4 is 17.5 Å². The molecule has 0 saturated heterocycles. The largest absolute Gasteiger partial charge is 0.467 e. The van der Waals surface area contributed by atoms with Gasteiger partial charge in [0.1, 0.15) is 17.4 Å². The zero-order valence-electron chi connectivity index (χ0n) is 12.1. The summed E-state index contributed by atoms with van der Waals surface area (Å²) in [4.78, 5) is 11.0. The highest BCUT2D eigenvalue weighted by atomic mass is 32.2. The molecule has 2 aromatic rings. The molecule has 2 heterocycles. The van der Waals surface area contributed by atoms with Crippen LogP contribution < -0.4 is 0 Å². The summed E-state index contributed by atoms with van der Waals surface area (Å²) in [5, 5.41) is 9.61. The quantitative estimate of drug-likeness (QED) is 0.553. The van der Waals surface area contributed by atoms with Gasteiger partial charge in [0.2, 0.25) is 0 Å². The zero-order chi connectivity index (χ0) is 14.7. The van der Waals surface area contributed by atoms with Gasteiger partial charge in [-0.05, 0) is 38.3 Å². The molecule has 0 aromatic carbocycles. The van der Waals surface area contributed by atoms with Gasteiger partial charge in [0.25, 0.3) is 0 Å². The highest BCUT2D eigenvalue weighted by Gasteiger charge is 2.30. The Bertz CT molecular complexity index is 602. The normalized spacial score (nSPS) is 14.5. The number of ketones is 1. The third kappa shape index (κ3) is 3.75. The molecule has 0 amide bonds. The van der Waals surface area contributed by atoms with E-state index in [0.29, 0.717) is 18.9 Å². The fraction of sp³-hybridized carbons (Fsp3) is 0.533. The maximum absolute atomic E-state index is 11.0. The predicted molar refractivity (Wildman–Crippen MR) is 80.4 cm³/mol. The van der Waals surface area contributed by atoms with E-state index in [9.17, 15) is 4.79 Å². The van der Waals surface area contributed by atoms with Crippen molar-refractivity contribution in [2.45, 2.75) is 50.2 Å². The van der Waals surface area contributed by atoms with Crippen molar-refractivity contribution in [3.05, 3.63) is 30.0 Å². The van der Waals surface area contributed by atoms with Crippen molar-refractivity contribution in [2.24, 2.45) is 0 Å². The fourth-order valence-corrected chi connectivity index (χ4v) is 3.13. The van der Waals surface area contributed by atoms with Gasteiger partial charge in [-0.2, -0.15) is 0 Å². The number of carbonyl (C=O) groups is 1. The lowest BCUT2D eigenvalue weighted by Crippen LogP contribution is -2.05. The van der Waals surface area contributed by atoms with E-state index in [-0.39, 0.29) is 5.78 Å². The van der Waals surface area contributed by atoms with Crippen LogP contribution in [0.25, 0.3) is 0 Å². The van der Waals surface area contributed by atoms with Crippen LogP contribution in [0.5, 0.6) is 0 Å². The fourth-order valence-electron chi connectivity index (χ4n) is 2.24. The number of aromatic nitrogens is 3. The monoisotopic (exact) mass is 305 g/mol. The number of hydrogen-bond acceptors (Lipinski definition) is 5. The molecule has 1 aliphatic carbocycles. The van der Waals surface area contributed by atoms with Gasteiger partial charge in [-0.1, -0.05) is 11.8 Å². The SMILES string of the molecule is CC(=O)CCCSc1nnc(C2CC2)n1Cc1ccco1. The van der Waals surface area contributed by atoms with E-state index in [1.807, 2.05) is 12.1 Å². The molecule has 0 radical (unpaired) electrons. The molecule has 0 unspecified atom stereocenters. The summed E-state index contributed by atoms with van der Waals surface area (Å²) < 4.78 is 7.61. The van der Waals surface area contributed by atoms with Crippen LogP contribution in [0, 0.1) is 0 Å². The Morgan fingerprint density at radius 1 is 1.48 bits per heavy atom. The summed E-state index contributed by atoms with van der Waals surface area (Å²) in [7, 11) is 0. The smallest absolute Gasteiger partial charge is 0.191 e. The van der Waals surface area contributed by atoms with Crippen molar-refractivity contribution < 1.29 is 9.21 Å². The number of hydrogen-bond donors (Lipinski definition) is 0. The summed E-state index contributed by atoms with van der Waals surface area (Å²) in [6.07, 6.45) is 5.61. The topological polar surface area (TPSA) is 60.9 Å². The van der Waals surface area contributed by atoms with Crippen molar-refractivity contribution in [2.75, 3.05) is 5.75 Å². The summed E-state index contributed by atoms with van der Waals surface area (Å²) >= 11 is 1.67. The van der Waals surface area contributed by atoms with E-state index >= 15 is 0 Å². The van der Waals surface area contributed by atoms with Gasteiger partial charge >= 0.3 is 0 Å². The standard InChI is InChI=1S/C15H19N3O2S/c1-11(19)4-3-9-21-15-17-16-14(12-6-7-12)18(15)10-13-5-2-8-20-13/h2,5,8,12H,3-4,6-7,9-10H2,1H3. The molecule has 21 heavy (non-hydrogen) atoms. The minimum atomic E-state index is 0.242. The molecular weight excluding hydrogens is 286 g/mol. The Hall–Kier alpha value is -1.56. The Kier molecular flexibility index (Phi) is 4.43. The first kappa shape index (κ1) is 14.4. The van der Waals surface area contributed by atoms with Crippen LogP contribution in [-0.2, 0) is 11.3 Å². The summed E-state index contributed by atoms with van der Waals surface area (Å²) in [5.74, 6) is 3.67. The number of Topliss-reactive ketones (excluding diaryl/α,β-unsaturated/α-hetero) is 1. The van der Waals surface area contributed by atoms with Gasteiger partial charge in [0, 0.05) is 18.1 Å². The van der Waals surface area contributed by atoms with Gasteiger partial charge in [-0.3, -0.25) is 4.57 Å². The lowest BCUT2D eigenvalue weighted by atomic mass is 10.3. The Morgan fingerprint density at radius 2 is 2.33 bits per heavy atom. The van der Waals surface area contributed by atoms with Gasteiger partial charge in [0.15, 0.2) is 5.16 Å². The van der Waals surface area contributed by atoms with E-state index in [1.165, 1.54) is 12.8 Å². The molecule has 3 rings (SSSR count). The van der Waals surface area contributed by atoms with E-state index in [0.717, 1.165) is 28.9 Å². The molecule has 0 N–H and O–H groups in total. The van der Waals surface area contributed by atoms with Crippen LogP contribution >= 0.6 is 11.8 Å². The molecule has 0 spiro atoms. The Labute approximate surface area is 128 Å². The minimum Gasteiger partial charge on any atom is -0.467 e. The molecule has 6 heteroatoms. The van der Waals surface area contributed by atoms with Crippen LogP contribution in [0.15, 0.2) is 28.0 Å².